The van der Waals surface area contributed by atoms with Crippen LogP contribution in [-0.4, -0.2) is 20.1 Å². The van der Waals surface area contributed by atoms with Gasteiger partial charge in [0, 0.05) is 23.1 Å². The van der Waals surface area contributed by atoms with Crippen LogP contribution in [0.25, 0.3) is 22.2 Å². The maximum Gasteiger partial charge on any atom is 0.336 e. The highest BCUT2D eigenvalue weighted by Gasteiger charge is 2.21. The molecule has 0 radical (unpaired) electrons. The van der Waals surface area contributed by atoms with Gasteiger partial charge >= 0.3 is 5.63 Å². The van der Waals surface area contributed by atoms with Crippen molar-refractivity contribution in [3.63, 3.8) is 0 Å². The third-order valence-corrected chi connectivity index (χ3v) is 6.91. The predicted molar refractivity (Wildman–Crippen MR) is 128 cm³/mol. The number of hydrogen-bond acceptors (Lipinski definition) is 5. The molecule has 0 aliphatic heterocycles. The number of aromatic nitrogens is 3. The zero-order valence-corrected chi connectivity index (χ0v) is 18.9. The van der Waals surface area contributed by atoms with E-state index < -0.39 is 5.63 Å². The lowest BCUT2D eigenvalue weighted by atomic mass is 9.77. The lowest BCUT2D eigenvalue weighted by molar-refractivity contribution is 0.308. The standard InChI is InChI=1S/C27H29N3O3/c1-2-3-18-4-6-19(7-5-18)20-8-10-21(11-9-20)25-17-30(29-28-25)16-22-14-27(32)33-26-15-23(31)12-13-24(22)26/h8-15,17-19,31H,2-7,16H2,1H3. The number of fused-ring (bicyclic) bond motifs is 1. The summed E-state index contributed by atoms with van der Waals surface area (Å²) in [7, 11) is 0. The Hall–Kier alpha value is -3.41. The van der Waals surface area contributed by atoms with Crippen molar-refractivity contribution in [3.05, 3.63) is 76.3 Å². The van der Waals surface area contributed by atoms with Crippen LogP contribution >= 0.6 is 0 Å². The third-order valence-electron chi connectivity index (χ3n) is 6.91. The summed E-state index contributed by atoms with van der Waals surface area (Å²) in [4.78, 5) is 12.0. The van der Waals surface area contributed by atoms with E-state index in [1.165, 1.54) is 56.2 Å². The summed E-state index contributed by atoms with van der Waals surface area (Å²) in [5, 5.41) is 19.1. The van der Waals surface area contributed by atoms with Gasteiger partial charge in [-0.15, -0.1) is 5.10 Å². The number of phenolic OH excluding ortho intramolecular Hbond substituents is 1. The van der Waals surface area contributed by atoms with Crippen molar-refractivity contribution in [1.82, 2.24) is 15.0 Å². The Kier molecular flexibility index (Phi) is 5.99. The monoisotopic (exact) mass is 443 g/mol. The van der Waals surface area contributed by atoms with Crippen LogP contribution in [0.1, 0.15) is 62.5 Å². The maximum absolute atomic E-state index is 12.0. The molecule has 170 valence electrons. The minimum Gasteiger partial charge on any atom is -0.508 e. The van der Waals surface area contributed by atoms with Crippen molar-refractivity contribution in [1.29, 1.82) is 0 Å². The van der Waals surface area contributed by atoms with E-state index in [0.29, 0.717) is 18.0 Å². The smallest absolute Gasteiger partial charge is 0.336 e. The van der Waals surface area contributed by atoms with Gasteiger partial charge in [-0.25, -0.2) is 9.48 Å². The molecule has 5 rings (SSSR count). The summed E-state index contributed by atoms with van der Waals surface area (Å²) in [6.07, 6.45) is 9.83. The van der Waals surface area contributed by atoms with Gasteiger partial charge in [-0.1, -0.05) is 49.2 Å². The number of hydrogen-bond donors (Lipinski definition) is 1. The molecule has 6 heteroatoms. The van der Waals surface area contributed by atoms with E-state index in [4.69, 9.17) is 4.42 Å². The molecule has 0 atom stereocenters. The third kappa shape index (κ3) is 4.70. The Bertz CT molecular complexity index is 1300. The molecule has 2 aromatic carbocycles. The molecule has 0 bridgehead atoms. The van der Waals surface area contributed by atoms with Gasteiger partial charge in [-0.05, 0) is 60.8 Å². The van der Waals surface area contributed by atoms with E-state index in [0.717, 1.165) is 28.1 Å². The van der Waals surface area contributed by atoms with Gasteiger partial charge in [0.1, 0.15) is 17.0 Å². The molecule has 1 N–H and O–H groups in total. The Balaban J connectivity index is 1.31. The summed E-state index contributed by atoms with van der Waals surface area (Å²) in [6.45, 7) is 2.67. The maximum atomic E-state index is 12.0. The van der Waals surface area contributed by atoms with E-state index in [2.05, 4.69) is 41.5 Å². The van der Waals surface area contributed by atoms with Crippen molar-refractivity contribution < 1.29 is 9.52 Å². The normalized spacial score (nSPS) is 18.6. The van der Waals surface area contributed by atoms with Gasteiger partial charge in [0.25, 0.3) is 0 Å². The molecular weight excluding hydrogens is 414 g/mol. The second kappa shape index (κ2) is 9.22. The average Bonchev–Trinajstić information content (AvgIpc) is 3.28. The van der Waals surface area contributed by atoms with Gasteiger partial charge in [0.15, 0.2) is 0 Å². The van der Waals surface area contributed by atoms with Gasteiger partial charge in [-0.2, -0.15) is 0 Å². The summed E-state index contributed by atoms with van der Waals surface area (Å²) >= 11 is 0. The topological polar surface area (TPSA) is 81.2 Å². The van der Waals surface area contributed by atoms with Crippen LogP contribution in [0.15, 0.2) is 63.9 Å². The van der Waals surface area contributed by atoms with Crippen molar-refractivity contribution in [2.75, 3.05) is 0 Å². The van der Waals surface area contributed by atoms with Crippen molar-refractivity contribution >= 4 is 11.0 Å². The van der Waals surface area contributed by atoms with E-state index in [-0.39, 0.29) is 5.75 Å². The highest BCUT2D eigenvalue weighted by Crippen LogP contribution is 2.37. The van der Waals surface area contributed by atoms with Crippen LogP contribution in [-0.2, 0) is 6.54 Å². The molecule has 1 aliphatic carbocycles. The number of phenols is 1. The van der Waals surface area contributed by atoms with Crippen molar-refractivity contribution in [2.24, 2.45) is 5.92 Å². The SMILES string of the molecule is CCCC1CCC(c2ccc(-c3cn(Cc4cc(=O)oc5cc(O)ccc45)nn3)cc2)CC1. The number of nitrogens with zero attached hydrogens (tertiary/aromatic N) is 3. The number of rotatable bonds is 6. The fraction of sp³-hybridized carbons (Fsp3) is 0.370. The van der Waals surface area contributed by atoms with E-state index in [1.807, 2.05) is 6.20 Å². The molecule has 0 amide bonds. The minimum atomic E-state index is -0.456. The summed E-state index contributed by atoms with van der Waals surface area (Å²) in [6, 6.07) is 15.0. The molecule has 33 heavy (non-hydrogen) atoms. The molecule has 2 heterocycles. The second-order valence-corrected chi connectivity index (χ2v) is 9.20. The van der Waals surface area contributed by atoms with Gasteiger partial charge in [0.05, 0.1) is 12.7 Å². The Morgan fingerprint density at radius 2 is 1.85 bits per heavy atom. The first-order valence-electron chi connectivity index (χ1n) is 11.9. The van der Waals surface area contributed by atoms with Crippen molar-refractivity contribution in [2.45, 2.75) is 57.9 Å². The van der Waals surface area contributed by atoms with Crippen LogP contribution in [0.2, 0.25) is 0 Å². The molecule has 1 aliphatic rings. The van der Waals surface area contributed by atoms with E-state index in [9.17, 15) is 9.90 Å². The lowest BCUT2D eigenvalue weighted by Gasteiger charge is -2.28. The molecule has 1 saturated carbocycles. The predicted octanol–water partition coefficient (Wildman–Crippen LogP) is 5.88. The minimum absolute atomic E-state index is 0.0586. The van der Waals surface area contributed by atoms with Crippen LogP contribution in [0.3, 0.4) is 0 Å². The first-order chi connectivity index (χ1) is 16.1. The lowest BCUT2D eigenvalue weighted by Crippen LogP contribution is -2.13. The fourth-order valence-corrected chi connectivity index (χ4v) is 5.15. The average molecular weight is 444 g/mol. The quantitative estimate of drug-likeness (QED) is 0.376. The molecule has 0 unspecified atom stereocenters. The van der Waals surface area contributed by atoms with Crippen LogP contribution in [0, 0.1) is 5.92 Å². The van der Waals surface area contributed by atoms with Crippen LogP contribution < -0.4 is 5.63 Å². The van der Waals surface area contributed by atoms with Crippen LogP contribution in [0.5, 0.6) is 5.75 Å². The Morgan fingerprint density at radius 3 is 2.61 bits per heavy atom. The number of aromatic hydroxyl groups is 1. The molecule has 0 spiro atoms. The zero-order valence-electron chi connectivity index (χ0n) is 18.9. The first kappa shape index (κ1) is 21.4. The van der Waals surface area contributed by atoms with Gasteiger partial charge in [0.2, 0.25) is 0 Å². The van der Waals surface area contributed by atoms with Crippen molar-refractivity contribution in [3.8, 4) is 17.0 Å². The molecule has 6 nitrogen and oxygen atoms in total. The molecular formula is C27H29N3O3. The Morgan fingerprint density at radius 1 is 1.06 bits per heavy atom. The molecule has 0 saturated heterocycles. The fourth-order valence-electron chi connectivity index (χ4n) is 5.15. The first-order valence-corrected chi connectivity index (χ1v) is 11.9. The number of benzene rings is 2. The second-order valence-electron chi connectivity index (χ2n) is 9.20. The van der Waals surface area contributed by atoms with Gasteiger partial charge in [-0.3, -0.25) is 0 Å². The summed E-state index contributed by atoms with van der Waals surface area (Å²) < 4.78 is 6.94. The largest absolute Gasteiger partial charge is 0.508 e. The molecule has 4 aromatic rings. The molecule has 2 aromatic heterocycles. The molecule has 1 fully saturated rings. The highest BCUT2D eigenvalue weighted by atomic mass is 16.4. The Labute approximate surface area is 192 Å². The van der Waals surface area contributed by atoms with Crippen LogP contribution in [0.4, 0.5) is 0 Å². The van der Waals surface area contributed by atoms with E-state index in [1.54, 1.807) is 16.8 Å². The zero-order chi connectivity index (χ0) is 22.8. The van der Waals surface area contributed by atoms with Gasteiger partial charge < -0.3 is 9.52 Å². The summed E-state index contributed by atoms with van der Waals surface area (Å²) in [5.41, 5.74) is 3.93. The highest BCUT2D eigenvalue weighted by molar-refractivity contribution is 5.81. The van der Waals surface area contributed by atoms with E-state index >= 15 is 0 Å². The summed E-state index contributed by atoms with van der Waals surface area (Å²) in [5.74, 6) is 1.64.